The van der Waals surface area contributed by atoms with E-state index >= 15 is 0 Å². The van der Waals surface area contributed by atoms with E-state index in [0.717, 1.165) is 17.0 Å². The Morgan fingerprint density at radius 1 is 0.821 bits per heavy atom. The molecule has 3 heteroatoms. The quantitative estimate of drug-likeness (QED) is 0.502. The lowest BCUT2D eigenvalue weighted by atomic mass is 9.75. The lowest BCUT2D eigenvalue weighted by Gasteiger charge is -2.30. The van der Waals surface area contributed by atoms with Crippen LogP contribution >= 0.6 is 0 Å². The van der Waals surface area contributed by atoms with Crippen LogP contribution in [-0.4, -0.2) is 15.0 Å². The smallest absolute Gasteiger partial charge is 0.121 e. The molecule has 0 saturated heterocycles. The first-order chi connectivity index (χ1) is 13.0. The van der Waals surface area contributed by atoms with Gasteiger partial charge in [-0.05, 0) is 50.2 Å². The van der Waals surface area contributed by atoms with Crippen molar-refractivity contribution in [1.82, 2.24) is 15.0 Å². The topological polar surface area (TPSA) is 30.7 Å². The second-order valence-corrected chi connectivity index (χ2v) is 9.86. The highest BCUT2D eigenvalue weighted by molar-refractivity contribution is 5.81. The van der Waals surface area contributed by atoms with E-state index in [2.05, 4.69) is 119 Å². The zero-order valence-corrected chi connectivity index (χ0v) is 18.5. The maximum Gasteiger partial charge on any atom is 0.121 e. The zero-order chi connectivity index (χ0) is 20.7. The van der Waals surface area contributed by atoms with Crippen molar-refractivity contribution in [3.8, 4) is 22.5 Å². The molecule has 0 saturated carbocycles. The molecule has 0 aliphatic carbocycles. The Bertz CT molecular complexity index is 968. The van der Waals surface area contributed by atoms with Crippen molar-refractivity contribution in [3.05, 3.63) is 59.7 Å². The van der Waals surface area contributed by atoms with Gasteiger partial charge in [-0.3, -0.25) is 0 Å². The van der Waals surface area contributed by atoms with Crippen LogP contribution in [0.25, 0.3) is 22.5 Å². The van der Waals surface area contributed by atoms with Crippen molar-refractivity contribution in [2.24, 2.45) is 5.41 Å². The number of benzene rings is 2. The first kappa shape index (κ1) is 20.3. The van der Waals surface area contributed by atoms with Crippen LogP contribution in [0.5, 0.6) is 0 Å². The summed E-state index contributed by atoms with van der Waals surface area (Å²) in [4.78, 5) is 0. The predicted molar refractivity (Wildman–Crippen MR) is 118 cm³/mol. The lowest BCUT2D eigenvalue weighted by molar-refractivity contribution is 0.338. The fourth-order valence-corrected chi connectivity index (χ4v) is 3.57. The third-order valence-electron chi connectivity index (χ3n) is 5.69. The molecule has 148 valence electrons. The van der Waals surface area contributed by atoms with Gasteiger partial charge in [0.15, 0.2) is 0 Å². The van der Waals surface area contributed by atoms with Crippen molar-refractivity contribution in [3.63, 3.8) is 0 Å². The van der Waals surface area contributed by atoms with Crippen molar-refractivity contribution < 1.29 is 0 Å². The third kappa shape index (κ3) is 3.76. The summed E-state index contributed by atoms with van der Waals surface area (Å²) in [5.41, 5.74) is 6.99. The Hall–Kier alpha value is -2.42. The average molecular weight is 376 g/mol. The van der Waals surface area contributed by atoms with Gasteiger partial charge in [-0.15, -0.1) is 5.10 Å². The molecule has 0 radical (unpaired) electrons. The summed E-state index contributed by atoms with van der Waals surface area (Å²) in [6.45, 7) is 17.9. The summed E-state index contributed by atoms with van der Waals surface area (Å²) in [7, 11) is 0. The van der Waals surface area contributed by atoms with E-state index in [0.29, 0.717) is 5.92 Å². The van der Waals surface area contributed by atoms with E-state index < -0.39 is 0 Å². The minimum absolute atomic E-state index is 0.165. The molecule has 2 aromatic carbocycles. The van der Waals surface area contributed by atoms with E-state index in [9.17, 15) is 0 Å². The van der Waals surface area contributed by atoms with Gasteiger partial charge < -0.3 is 0 Å². The average Bonchev–Trinajstić information content (AvgIpc) is 3.05. The molecule has 0 N–H and O–H groups in total. The second kappa shape index (κ2) is 7.20. The highest BCUT2D eigenvalue weighted by Gasteiger charge is 2.30. The first-order valence-corrected chi connectivity index (χ1v) is 10.1. The number of hydrogen-bond donors (Lipinski definition) is 0. The number of aryl methyl sites for hydroxylation is 1. The van der Waals surface area contributed by atoms with Gasteiger partial charge in [-0.2, -0.15) is 0 Å². The van der Waals surface area contributed by atoms with Gasteiger partial charge in [0.2, 0.25) is 0 Å². The summed E-state index contributed by atoms with van der Waals surface area (Å²) in [6.07, 6.45) is 0. The van der Waals surface area contributed by atoms with Crippen LogP contribution in [0.3, 0.4) is 0 Å². The molecule has 0 fully saturated rings. The SMILES string of the molecule is Cc1ccccc1-c1nnn(C(C)(C)C)c1-c1ccccc1C(C)C(C)(C)C. The monoisotopic (exact) mass is 375 g/mol. The minimum Gasteiger partial charge on any atom is -0.239 e. The van der Waals surface area contributed by atoms with E-state index in [4.69, 9.17) is 0 Å². The van der Waals surface area contributed by atoms with Crippen molar-refractivity contribution >= 4 is 0 Å². The van der Waals surface area contributed by atoms with E-state index in [1.807, 2.05) is 0 Å². The van der Waals surface area contributed by atoms with Gasteiger partial charge in [0.1, 0.15) is 5.69 Å². The molecule has 0 amide bonds. The van der Waals surface area contributed by atoms with Gasteiger partial charge in [0.05, 0.1) is 11.2 Å². The van der Waals surface area contributed by atoms with Gasteiger partial charge >= 0.3 is 0 Å². The summed E-state index contributed by atoms with van der Waals surface area (Å²) in [5, 5.41) is 9.28. The number of nitrogens with zero attached hydrogens (tertiary/aromatic N) is 3. The van der Waals surface area contributed by atoms with Crippen LogP contribution < -0.4 is 0 Å². The highest BCUT2D eigenvalue weighted by atomic mass is 15.5. The molecule has 0 aliphatic heterocycles. The summed E-state index contributed by atoms with van der Waals surface area (Å²) in [6, 6.07) is 17.2. The molecule has 0 aliphatic rings. The van der Waals surface area contributed by atoms with Crippen LogP contribution in [0.15, 0.2) is 48.5 Å². The number of aromatic nitrogens is 3. The van der Waals surface area contributed by atoms with E-state index in [1.165, 1.54) is 16.7 Å². The van der Waals surface area contributed by atoms with Crippen LogP contribution in [0.1, 0.15) is 65.5 Å². The molecule has 3 aromatic rings. The number of hydrogen-bond acceptors (Lipinski definition) is 2. The molecule has 1 unspecified atom stereocenters. The summed E-state index contributed by atoms with van der Waals surface area (Å²) >= 11 is 0. The normalized spacial score (nSPS) is 13.6. The summed E-state index contributed by atoms with van der Waals surface area (Å²) in [5.74, 6) is 0.400. The fraction of sp³-hybridized carbons (Fsp3) is 0.440. The van der Waals surface area contributed by atoms with Crippen molar-refractivity contribution in [1.29, 1.82) is 0 Å². The standard InChI is InChI=1S/C25H33N3/c1-17-13-9-10-14-19(17)22-23(28(27-26-22)25(6,7)8)21-16-12-11-15-20(21)18(2)24(3,4)5/h9-16,18H,1-8H3. The van der Waals surface area contributed by atoms with Gasteiger partial charge in [-0.25, -0.2) is 4.68 Å². The maximum absolute atomic E-state index is 4.67. The molecular weight excluding hydrogens is 342 g/mol. The highest BCUT2D eigenvalue weighted by Crippen LogP contribution is 2.42. The predicted octanol–water partition coefficient (Wildman–Crippen LogP) is 6.83. The van der Waals surface area contributed by atoms with E-state index in [-0.39, 0.29) is 11.0 Å². The maximum atomic E-state index is 4.67. The Kier molecular flexibility index (Phi) is 5.22. The molecule has 3 nitrogen and oxygen atoms in total. The van der Waals surface area contributed by atoms with Crippen LogP contribution in [0, 0.1) is 12.3 Å². The second-order valence-electron chi connectivity index (χ2n) is 9.86. The first-order valence-electron chi connectivity index (χ1n) is 10.1. The zero-order valence-electron chi connectivity index (χ0n) is 18.5. The van der Waals surface area contributed by atoms with Crippen molar-refractivity contribution in [2.45, 2.75) is 66.8 Å². The summed E-state index contributed by atoms with van der Waals surface area (Å²) < 4.78 is 2.09. The van der Waals surface area contributed by atoms with Crippen molar-refractivity contribution in [2.75, 3.05) is 0 Å². The van der Waals surface area contributed by atoms with Crippen LogP contribution in [0.2, 0.25) is 0 Å². The fourth-order valence-electron chi connectivity index (χ4n) is 3.57. The Labute approximate surface area is 169 Å². The molecule has 0 bridgehead atoms. The van der Waals surface area contributed by atoms with Gasteiger partial charge in [0, 0.05) is 11.1 Å². The molecule has 1 aromatic heterocycles. The Morgan fingerprint density at radius 2 is 1.39 bits per heavy atom. The van der Waals surface area contributed by atoms with Gasteiger partial charge in [0.25, 0.3) is 0 Å². The lowest BCUT2D eigenvalue weighted by Crippen LogP contribution is -2.25. The Balaban J connectivity index is 2.34. The molecule has 1 atom stereocenters. The van der Waals surface area contributed by atoms with Gasteiger partial charge in [-0.1, -0.05) is 81.4 Å². The molecule has 1 heterocycles. The minimum atomic E-state index is -0.165. The molecular formula is C25H33N3. The largest absolute Gasteiger partial charge is 0.239 e. The van der Waals surface area contributed by atoms with Crippen LogP contribution in [0.4, 0.5) is 0 Å². The van der Waals surface area contributed by atoms with E-state index in [1.54, 1.807) is 0 Å². The van der Waals surface area contributed by atoms with Crippen LogP contribution in [-0.2, 0) is 5.54 Å². The molecule has 0 spiro atoms. The molecule has 3 rings (SSSR count). The third-order valence-corrected chi connectivity index (χ3v) is 5.69. The number of rotatable bonds is 3. The molecule has 28 heavy (non-hydrogen) atoms. The Morgan fingerprint density at radius 3 is 1.96 bits per heavy atom.